The van der Waals surface area contributed by atoms with E-state index >= 15 is 0 Å². The second-order valence-electron chi connectivity index (χ2n) is 3.46. The van der Waals surface area contributed by atoms with Gasteiger partial charge < -0.3 is 0 Å². The van der Waals surface area contributed by atoms with Gasteiger partial charge in [0.05, 0.1) is 18.2 Å². The van der Waals surface area contributed by atoms with E-state index in [0.717, 1.165) is 10.6 Å². The number of nitrogens with zero attached hydrogens (tertiary/aromatic N) is 3. The first-order valence-corrected chi connectivity index (χ1v) is 5.70. The van der Waals surface area contributed by atoms with Gasteiger partial charge in [0.25, 0.3) is 0 Å². The zero-order valence-corrected chi connectivity index (χ0v) is 9.74. The third kappa shape index (κ3) is 2.65. The number of aryl methyl sites for hydroxylation is 1. The van der Waals surface area contributed by atoms with Crippen LogP contribution in [-0.2, 0) is 6.42 Å². The topological polar surface area (TPSA) is 41.6 Å². The van der Waals surface area contributed by atoms with Gasteiger partial charge in [-0.05, 0) is 31.0 Å². The van der Waals surface area contributed by atoms with Crippen molar-refractivity contribution >= 4 is 11.9 Å². The van der Waals surface area contributed by atoms with Crippen molar-refractivity contribution in [3.05, 3.63) is 48.0 Å². The van der Waals surface area contributed by atoms with Crippen molar-refractivity contribution < 1.29 is 0 Å². The van der Waals surface area contributed by atoms with E-state index in [4.69, 9.17) is 5.26 Å². The molecule has 1 heterocycles. The first kappa shape index (κ1) is 10.8. The Kier molecular flexibility index (Phi) is 3.28. The molecule has 0 aliphatic carbocycles. The Balaban J connectivity index is 2.09. The van der Waals surface area contributed by atoms with E-state index in [0.29, 0.717) is 6.42 Å². The summed E-state index contributed by atoms with van der Waals surface area (Å²) in [6, 6.07) is 10.4. The van der Waals surface area contributed by atoms with Gasteiger partial charge in [-0.2, -0.15) is 5.26 Å². The molecule has 4 heteroatoms. The summed E-state index contributed by atoms with van der Waals surface area (Å²) in [5, 5.41) is 8.54. The summed E-state index contributed by atoms with van der Waals surface area (Å²) in [4.78, 5) is 5.30. The highest BCUT2D eigenvalue weighted by Gasteiger charge is 2.00. The van der Waals surface area contributed by atoms with Gasteiger partial charge >= 0.3 is 0 Å². The summed E-state index contributed by atoms with van der Waals surface area (Å²) in [5.41, 5.74) is 2.06. The van der Waals surface area contributed by atoms with Crippen LogP contribution in [0.4, 0.5) is 0 Å². The molecular formula is C12H11N3S. The lowest BCUT2D eigenvalue weighted by Crippen LogP contribution is -1.82. The fourth-order valence-electron chi connectivity index (χ4n) is 1.29. The number of hydrogen-bond acceptors (Lipinski definition) is 3. The second-order valence-corrected chi connectivity index (χ2v) is 4.54. The van der Waals surface area contributed by atoms with Gasteiger partial charge in [0.1, 0.15) is 6.33 Å². The summed E-state index contributed by atoms with van der Waals surface area (Å²) < 4.78 is 1.91. The highest BCUT2D eigenvalue weighted by molar-refractivity contribution is 7.97. The fourth-order valence-corrected chi connectivity index (χ4v) is 2.06. The van der Waals surface area contributed by atoms with Crippen LogP contribution in [-0.4, -0.2) is 8.96 Å². The fraction of sp³-hybridized carbons (Fsp3) is 0.167. The summed E-state index contributed by atoms with van der Waals surface area (Å²) >= 11 is 1.59. The molecule has 1 aromatic heterocycles. The lowest BCUT2D eigenvalue weighted by atomic mass is 10.2. The molecule has 0 fully saturated rings. The standard InChI is InChI=1S/C12H11N3S/c1-10-2-4-12(5-3-10)16-15-8-11(6-7-13)14-9-15/h2-5,8-9H,6H2,1H3. The number of hydrogen-bond donors (Lipinski definition) is 0. The molecule has 80 valence electrons. The largest absolute Gasteiger partial charge is 0.276 e. The van der Waals surface area contributed by atoms with Crippen molar-refractivity contribution in [1.82, 2.24) is 8.96 Å². The zero-order valence-electron chi connectivity index (χ0n) is 8.92. The Morgan fingerprint density at radius 3 is 2.81 bits per heavy atom. The molecule has 2 rings (SSSR count). The summed E-state index contributed by atoms with van der Waals surface area (Å²) in [6.07, 6.45) is 3.98. The second kappa shape index (κ2) is 4.86. The van der Waals surface area contributed by atoms with Crippen LogP contribution >= 0.6 is 11.9 Å². The predicted molar refractivity (Wildman–Crippen MR) is 64.0 cm³/mol. The van der Waals surface area contributed by atoms with E-state index in [9.17, 15) is 0 Å². The van der Waals surface area contributed by atoms with Crippen LogP contribution in [0, 0.1) is 18.3 Å². The molecule has 0 unspecified atom stereocenters. The quantitative estimate of drug-likeness (QED) is 0.812. The normalized spacial score (nSPS) is 10.0. The third-order valence-electron chi connectivity index (χ3n) is 2.11. The highest BCUT2D eigenvalue weighted by Crippen LogP contribution is 2.20. The van der Waals surface area contributed by atoms with E-state index < -0.39 is 0 Å². The number of aromatic nitrogens is 2. The van der Waals surface area contributed by atoms with Crippen LogP contribution in [0.1, 0.15) is 11.3 Å². The van der Waals surface area contributed by atoms with Crippen molar-refractivity contribution in [1.29, 1.82) is 5.26 Å². The van der Waals surface area contributed by atoms with Gasteiger partial charge in [0, 0.05) is 11.1 Å². The van der Waals surface area contributed by atoms with Crippen LogP contribution in [0.25, 0.3) is 0 Å². The highest BCUT2D eigenvalue weighted by atomic mass is 32.2. The van der Waals surface area contributed by atoms with E-state index in [1.807, 2.05) is 10.2 Å². The smallest absolute Gasteiger partial charge is 0.105 e. The van der Waals surface area contributed by atoms with Crippen LogP contribution < -0.4 is 0 Å². The Labute approximate surface area is 98.9 Å². The Morgan fingerprint density at radius 2 is 2.12 bits per heavy atom. The maximum atomic E-state index is 8.54. The SMILES string of the molecule is Cc1ccc(Sn2cnc(CC#N)c2)cc1. The summed E-state index contributed by atoms with van der Waals surface area (Å²) in [5.74, 6) is 0. The Hall–Kier alpha value is -1.73. The van der Waals surface area contributed by atoms with Gasteiger partial charge in [-0.1, -0.05) is 17.7 Å². The molecule has 0 saturated carbocycles. The first-order valence-electron chi connectivity index (χ1n) is 4.93. The lowest BCUT2D eigenvalue weighted by molar-refractivity contribution is 1.15. The van der Waals surface area contributed by atoms with Crippen LogP contribution in [0.3, 0.4) is 0 Å². The molecule has 16 heavy (non-hydrogen) atoms. The lowest BCUT2D eigenvalue weighted by Gasteiger charge is -2.00. The molecule has 0 bridgehead atoms. The number of nitriles is 1. The van der Waals surface area contributed by atoms with Crippen LogP contribution in [0.2, 0.25) is 0 Å². The Bertz CT molecular complexity index is 508. The van der Waals surface area contributed by atoms with Gasteiger partial charge in [0.2, 0.25) is 0 Å². The van der Waals surface area contributed by atoms with Crippen molar-refractivity contribution in [2.75, 3.05) is 0 Å². The van der Waals surface area contributed by atoms with Gasteiger partial charge in [-0.15, -0.1) is 0 Å². The molecule has 0 saturated heterocycles. The molecule has 3 nitrogen and oxygen atoms in total. The van der Waals surface area contributed by atoms with Crippen LogP contribution in [0.15, 0.2) is 41.7 Å². The molecule has 0 amide bonds. The molecule has 0 radical (unpaired) electrons. The van der Waals surface area contributed by atoms with E-state index in [1.165, 1.54) is 5.56 Å². The minimum absolute atomic E-state index is 0.363. The van der Waals surface area contributed by atoms with Gasteiger partial charge in [0.15, 0.2) is 0 Å². The first-order chi connectivity index (χ1) is 7.78. The van der Waals surface area contributed by atoms with E-state index in [1.54, 1.807) is 18.3 Å². The third-order valence-corrected chi connectivity index (χ3v) is 3.00. The van der Waals surface area contributed by atoms with E-state index in [2.05, 4.69) is 42.2 Å². The minimum atomic E-state index is 0.363. The number of rotatable bonds is 3. The van der Waals surface area contributed by atoms with Crippen LogP contribution in [0.5, 0.6) is 0 Å². The maximum absolute atomic E-state index is 8.54. The van der Waals surface area contributed by atoms with Crippen molar-refractivity contribution in [3.8, 4) is 6.07 Å². The number of imidazole rings is 1. The van der Waals surface area contributed by atoms with Gasteiger partial charge in [-0.25, -0.2) is 4.98 Å². The van der Waals surface area contributed by atoms with E-state index in [-0.39, 0.29) is 0 Å². The average Bonchev–Trinajstić information content (AvgIpc) is 2.70. The molecule has 0 spiro atoms. The maximum Gasteiger partial charge on any atom is 0.105 e. The minimum Gasteiger partial charge on any atom is -0.276 e. The molecule has 1 aromatic carbocycles. The predicted octanol–water partition coefficient (Wildman–Crippen LogP) is 2.81. The zero-order chi connectivity index (χ0) is 11.4. The molecular weight excluding hydrogens is 218 g/mol. The monoisotopic (exact) mass is 229 g/mol. The van der Waals surface area contributed by atoms with Crippen molar-refractivity contribution in [2.24, 2.45) is 0 Å². The van der Waals surface area contributed by atoms with Crippen molar-refractivity contribution in [2.45, 2.75) is 18.2 Å². The Morgan fingerprint density at radius 1 is 1.38 bits per heavy atom. The number of benzene rings is 1. The molecule has 0 aliphatic heterocycles. The van der Waals surface area contributed by atoms with Crippen molar-refractivity contribution in [3.63, 3.8) is 0 Å². The van der Waals surface area contributed by atoms with Gasteiger partial charge in [-0.3, -0.25) is 3.97 Å². The molecule has 0 atom stereocenters. The molecule has 0 N–H and O–H groups in total. The summed E-state index contributed by atoms with van der Waals surface area (Å²) in [7, 11) is 0. The average molecular weight is 229 g/mol. The summed E-state index contributed by atoms with van der Waals surface area (Å²) in [6.45, 7) is 2.07. The molecule has 0 aliphatic rings. The molecule has 2 aromatic rings.